The summed E-state index contributed by atoms with van der Waals surface area (Å²) in [5.74, 6) is 2.58. The van der Waals surface area contributed by atoms with Crippen LogP contribution in [0.15, 0.2) is 73.3 Å². The maximum atomic E-state index is 9.82. The zero-order valence-electron chi connectivity index (χ0n) is 16.6. The summed E-state index contributed by atoms with van der Waals surface area (Å²) in [4.78, 5) is 21.9. The number of phenols is 1. The molecule has 0 fully saturated rings. The SMILES string of the molecule is Cc1nc(Nc2cncnc2)cc(-n2c(Nc3cccc(O)c3)nc3ccccc32)n1. The van der Waals surface area contributed by atoms with E-state index in [0.717, 1.165) is 16.7 Å². The summed E-state index contributed by atoms with van der Waals surface area (Å²) in [6, 6.07) is 16.5. The van der Waals surface area contributed by atoms with Gasteiger partial charge in [-0.1, -0.05) is 18.2 Å². The van der Waals surface area contributed by atoms with E-state index in [1.165, 1.54) is 6.33 Å². The molecule has 0 radical (unpaired) electrons. The zero-order chi connectivity index (χ0) is 21.2. The van der Waals surface area contributed by atoms with E-state index in [-0.39, 0.29) is 5.75 Å². The molecule has 152 valence electrons. The summed E-state index contributed by atoms with van der Waals surface area (Å²) in [6.45, 7) is 1.83. The molecule has 0 aliphatic heterocycles. The number of benzene rings is 2. The van der Waals surface area contributed by atoms with E-state index in [1.807, 2.05) is 47.9 Å². The normalized spacial score (nSPS) is 10.9. The van der Waals surface area contributed by atoms with Crippen molar-refractivity contribution in [2.24, 2.45) is 0 Å². The fourth-order valence-corrected chi connectivity index (χ4v) is 3.30. The van der Waals surface area contributed by atoms with Gasteiger partial charge in [-0.2, -0.15) is 0 Å². The number of imidazole rings is 1. The van der Waals surface area contributed by atoms with E-state index >= 15 is 0 Å². The lowest BCUT2D eigenvalue weighted by atomic mass is 10.3. The van der Waals surface area contributed by atoms with Crippen molar-refractivity contribution in [3.63, 3.8) is 0 Å². The Kier molecular flexibility index (Phi) is 4.60. The lowest BCUT2D eigenvalue weighted by Crippen LogP contribution is -2.07. The molecule has 31 heavy (non-hydrogen) atoms. The van der Waals surface area contributed by atoms with Gasteiger partial charge in [0.15, 0.2) is 0 Å². The number of aromatic hydroxyl groups is 1. The number of anilines is 4. The summed E-state index contributed by atoms with van der Waals surface area (Å²) in [7, 11) is 0. The van der Waals surface area contributed by atoms with Gasteiger partial charge in [0, 0.05) is 17.8 Å². The van der Waals surface area contributed by atoms with Crippen molar-refractivity contribution >= 4 is 34.2 Å². The highest BCUT2D eigenvalue weighted by Crippen LogP contribution is 2.28. The minimum atomic E-state index is 0.169. The molecule has 9 heteroatoms. The summed E-state index contributed by atoms with van der Waals surface area (Å²) in [5.41, 5.74) is 3.13. The first kappa shape index (κ1) is 18.5. The van der Waals surface area contributed by atoms with Gasteiger partial charge in [0.05, 0.1) is 29.1 Å². The second-order valence-corrected chi connectivity index (χ2v) is 6.85. The van der Waals surface area contributed by atoms with Gasteiger partial charge in [-0.25, -0.2) is 24.9 Å². The number of phenolic OH excluding ortho intramolecular Hbond substituents is 1. The van der Waals surface area contributed by atoms with Crippen molar-refractivity contribution in [3.05, 3.63) is 79.1 Å². The summed E-state index contributed by atoms with van der Waals surface area (Å²) in [5, 5.41) is 16.3. The van der Waals surface area contributed by atoms with Crippen LogP contribution in [0.25, 0.3) is 16.9 Å². The Labute approximate surface area is 177 Å². The predicted molar refractivity (Wildman–Crippen MR) is 118 cm³/mol. The maximum Gasteiger partial charge on any atom is 0.214 e. The highest BCUT2D eigenvalue weighted by Gasteiger charge is 2.15. The largest absolute Gasteiger partial charge is 0.508 e. The Morgan fingerprint density at radius 1 is 0.839 bits per heavy atom. The topological polar surface area (TPSA) is 114 Å². The number of nitrogens with one attached hydrogen (secondary N) is 2. The predicted octanol–water partition coefficient (Wildman–Crippen LogP) is 4.11. The van der Waals surface area contributed by atoms with E-state index < -0.39 is 0 Å². The van der Waals surface area contributed by atoms with Crippen LogP contribution in [0.4, 0.5) is 23.1 Å². The van der Waals surface area contributed by atoms with Gasteiger partial charge in [0.1, 0.15) is 29.5 Å². The highest BCUT2D eigenvalue weighted by molar-refractivity contribution is 5.82. The minimum absolute atomic E-state index is 0.169. The molecule has 0 spiro atoms. The number of fused-ring (bicyclic) bond motifs is 1. The lowest BCUT2D eigenvalue weighted by molar-refractivity contribution is 0.475. The molecule has 2 aromatic carbocycles. The smallest absolute Gasteiger partial charge is 0.214 e. The van der Waals surface area contributed by atoms with E-state index in [4.69, 9.17) is 4.98 Å². The Bertz CT molecular complexity index is 1370. The Morgan fingerprint density at radius 3 is 2.52 bits per heavy atom. The molecule has 0 saturated heterocycles. The molecular formula is C22H18N8O. The van der Waals surface area contributed by atoms with Crippen LogP contribution in [0, 0.1) is 6.92 Å². The van der Waals surface area contributed by atoms with Crippen LogP contribution >= 0.6 is 0 Å². The molecule has 5 rings (SSSR count). The van der Waals surface area contributed by atoms with Gasteiger partial charge in [0.2, 0.25) is 5.95 Å². The first-order chi connectivity index (χ1) is 15.2. The monoisotopic (exact) mass is 410 g/mol. The maximum absolute atomic E-state index is 9.82. The number of rotatable bonds is 5. The van der Waals surface area contributed by atoms with Crippen molar-refractivity contribution in [2.75, 3.05) is 10.6 Å². The molecular weight excluding hydrogens is 392 g/mol. The van der Waals surface area contributed by atoms with Crippen LogP contribution in [-0.4, -0.2) is 34.6 Å². The van der Waals surface area contributed by atoms with Crippen LogP contribution in [0.2, 0.25) is 0 Å². The average Bonchev–Trinajstić information content (AvgIpc) is 3.12. The molecule has 0 aliphatic rings. The van der Waals surface area contributed by atoms with Crippen molar-refractivity contribution in [3.8, 4) is 11.6 Å². The standard InChI is InChI=1S/C22H18N8O/c1-14-25-20(27-16-11-23-13-24-12-16)10-21(26-14)30-19-8-3-2-7-18(19)29-22(30)28-15-5-4-6-17(31)9-15/h2-13,31H,1H3,(H,28,29)(H,25,26,27). The molecule has 9 nitrogen and oxygen atoms in total. The molecule has 5 aromatic rings. The fraction of sp³-hybridized carbons (Fsp3) is 0.0455. The molecule has 0 amide bonds. The van der Waals surface area contributed by atoms with Gasteiger partial charge >= 0.3 is 0 Å². The number of para-hydroxylation sites is 2. The molecule has 3 N–H and O–H groups in total. The first-order valence-electron chi connectivity index (χ1n) is 9.57. The summed E-state index contributed by atoms with van der Waals surface area (Å²) in [6.07, 6.45) is 4.82. The van der Waals surface area contributed by atoms with Gasteiger partial charge in [0.25, 0.3) is 0 Å². The second kappa shape index (κ2) is 7.71. The van der Waals surface area contributed by atoms with Gasteiger partial charge in [-0.3, -0.25) is 4.57 Å². The number of nitrogens with zero attached hydrogens (tertiary/aromatic N) is 6. The van der Waals surface area contributed by atoms with Crippen LogP contribution in [0.3, 0.4) is 0 Å². The van der Waals surface area contributed by atoms with Crippen LogP contribution < -0.4 is 10.6 Å². The first-order valence-corrected chi connectivity index (χ1v) is 9.57. The molecule has 0 saturated carbocycles. The van der Waals surface area contributed by atoms with Gasteiger partial charge in [-0.15, -0.1) is 0 Å². The van der Waals surface area contributed by atoms with Crippen molar-refractivity contribution in [1.29, 1.82) is 0 Å². The number of hydrogen-bond donors (Lipinski definition) is 3. The average molecular weight is 410 g/mol. The Balaban J connectivity index is 1.62. The van der Waals surface area contributed by atoms with Crippen molar-refractivity contribution in [2.45, 2.75) is 6.92 Å². The lowest BCUT2D eigenvalue weighted by Gasteiger charge is -2.13. The van der Waals surface area contributed by atoms with E-state index in [9.17, 15) is 5.11 Å². The van der Waals surface area contributed by atoms with Crippen LogP contribution in [0.5, 0.6) is 5.75 Å². The molecule has 0 aliphatic carbocycles. The Morgan fingerprint density at radius 2 is 1.68 bits per heavy atom. The number of hydrogen-bond acceptors (Lipinski definition) is 8. The van der Waals surface area contributed by atoms with E-state index in [2.05, 4.69) is 30.6 Å². The van der Waals surface area contributed by atoms with Gasteiger partial charge in [-0.05, 0) is 31.2 Å². The summed E-state index contributed by atoms with van der Waals surface area (Å²) >= 11 is 0. The highest BCUT2D eigenvalue weighted by atomic mass is 16.3. The molecule has 3 aromatic heterocycles. The van der Waals surface area contributed by atoms with Crippen LogP contribution in [-0.2, 0) is 0 Å². The summed E-state index contributed by atoms with van der Waals surface area (Å²) < 4.78 is 1.92. The van der Waals surface area contributed by atoms with Crippen molar-refractivity contribution < 1.29 is 5.11 Å². The molecule has 0 unspecified atom stereocenters. The number of aryl methyl sites for hydroxylation is 1. The Hall–Kier alpha value is -4.53. The molecule has 3 heterocycles. The third-order valence-corrected chi connectivity index (χ3v) is 4.55. The van der Waals surface area contributed by atoms with E-state index in [1.54, 1.807) is 30.6 Å². The second-order valence-electron chi connectivity index (χ2n) is 6.85. The molecule has 0 atom stereocenters. The quantitative estimate of drug-likeness (QED) is 0.397. The van der Waals surface area contributed by atoms with Crippen LogP contribution in [0.1, 0.15) is 5.82 Å². The van der Waals surface area contributed by atoms with Gasteiger partial charge < -0.3 is 15.7 Å². The van der Waals surface area contributed by atoms with Crippen molar-refractivity contribution in [1.82, 2.24) is 29.5 Å². The van der Waals surface area contributed by atoms with E-state index in [0.29, 0.717) is 29.1 Å². The molecule has 0 bridgehead atoms. The fourth-order valence-electron chi connectivity index (χ4n) is 3.30. The third kappa shape index (κ3) is 3.84. The zero-order valence-corrected chi connectivity index (χ0v) is 16.6. The third-order valence-electron chi connectivity index (χ3n) is 4.55. The number of aromatic nitrogens is 6. The minimum Gasteiger partial charge on any atom is -0.508 e.